The Balaban J connectivity index is 4.40. The van der Waals surface area contributed by atoms with E-state index < -0.39 is 17.9 Å². The van der Waals surface area contributed by atoms with Crippen molar-refractivity contribution in [1.29, 1.82) is 0 Å². The van der Waals surface area contributed by atoms with Crippen LogP contribution in [-0.2, 0) is 28.6 Å². The van der Waals surface area contributed by atoms with Gasteiger partial charge >= 0.3 is 17.9 Å². The van der Waals surface area contributed by atoms with Gasteiger partial charge in [-0.1, -0.05) is 143 Å². The predicted molar refractivity (Wildman–Crippen MR) is 222 cm³/mol. The molecular weight excluding hydrogens is 665 g/mol. The summed E-state index contributed by atoms with van der Waals surface area (Å²) in [5, 5.41) is 0. The Morgan fingerprint density at radius 3 is 1.34 bits per heavy atom. The van der Waals surface area contributed by atoms with Gasteiger partial charge in [-0.15, -0.1) is 0 Å². The third-order valence-corrected chi connectivity index (χ3v) is 10.4. The number of hydrogen-bond acceptors (Lipinski definition) is 8. The molecule has 8 nitrogen and oxygen atoms in total. The molecule has 0 rings (SSSR count). The Morgan fingerprint density at radius 2 is 0.868 bits per heavy atom. The van der Waals surface area contributed by atoms with Gasteiger partial charge in [-0.05, 0) is 96.8 Å². The molecule has 0 aliphatic carbocycles. The number of carbonyl (C=O) groups excluding carboxylic acids is 3. The Kier molecular flexibility index (Phi) is 38.7. The van der Waals surface area contributed by atoms with Gasteiger partial charge in [0.1, 0.15) is 6.10 Å². The zero-order chi connectivity index (χ0) is 39.0. The van der Waals surface area contributed by atoms with E-state index in [0.29, 0.717) is 32.6 Å². The van der Waals surface area contributed by atoms with Crippen molar-refractivity contribution in [2.75, 3.05) is 39.4 Å². The molecule has 0 amide bonds. The summed E-state index contributed by atoms with van der Waals surface area (Å²) < 4.78 is 16.8. The van der Waals surface area contributed by atoms with Gasteiger partial charge in [0.05, 0.1) is 13.2 Å². The fourth-order valence-corrected chi connectivity index (χ4v) is 6.80. The molecule has 0 spiro atoms. The van der Waals surface area contributed by atoms with Gasteiger partial charge < -0.3 is 24.8 Å². The maximum Gasteiger partial charge on any atom is 0.320 e. The number of unbranched alkanes of at least 4 members (excludes halogenated alkanes) is 19. The molecule has 0 heterocycles. The van der Waals surface area contributed by atoms with Crippen LogP contribution in [0.3, 0.4) is 0 Å². The molecular formula is C45H88N2O6. The van der Waals surface area contributed by atoms with E-state index in [1.54, 1.807) is 0 Å². The third kappa shape index (κ3) is 33.4. The summed E-state index contributed by atoms with van der Waals surface area (Å²) in [6, 6.07) is 0. The fourth-order valence-electron chi connectivity index (χ4n) is 6.80. The molecule has 0 aromatic rings. The van der Waals surface area contributed by atoms with Crippen molar-refractivity contribution >= 4 is 17.9 Å². The van der Waals surface area contributed by atoms with Crippen LogP contribution in [0.1, 0.15) is 220 Å². The Labute approximate surface area is 328 Å². The van der Waals surface area contributed by atoms with Gasteiger partial charge in [0, 0.05) is 6.42 Å². The zero-order valence-corrected chi connectivity index (χ0v) is 35.6. The highest BCUT2D eigenvalue weighted by Crippen LogP contribution is 2.19. The van der Waals surface area contributed by atoms with Crippen LogP contribution in [0, 0.1) is 5.92 Å². The number of esters is 3. The molecule has 0 saturated carbocycles. The lowest BCUT2D eigenvalue weighted by atomic mass is 10.0. The molecule has 0 bridgehead atoms. The quantitative estimate of drug-likeness (QED) is 0.0285. The van der Waals surface area contributed by atoms with Crippen molar-refractivity contribution in [1.82, 2.24) is 4.90 Å². The summed E-state index contributed by atoms with van der Waals surface area (Å²) in [5.74, 6) is -1.66. The van der Waals surface area contributed by atoms with E-state index in [-0.39, 0.29) is 12.1 Å². The largest absolute Gasteiger partial charge is 0.465 e. The van der Waals surface area contributed by atoms with Gasteiger partial charge in [0.25, 0.3) is 0 Å². The van der Waals surface area contributed by atoms with Crippen molar-refractivity contribution in [3.8, 4) is 0 Å². The number of carbonyl (C=O) groups is 3. The van der Waals surface area contributed by atoms with E-state index >= 15 is 0 Å². The van der Waals surface area contributed by atoms with Gasteiger partial charge in [-0.25, -0.2) is 0 Å². The Bertz CT molecular complexity index is 787. The van der Waals surface area contributed by atoms with E-state index in [2.05, 4.69) is 18.7 Å². The normalized spacial score (nSPS) is 11.5. The molecule has 0 aromatic heterocycles. The van der Waals surface area contributed by atoms with Gasteiger partial charge in [0.15, 0.2) is 5.92 Å². The van der Waals surface area contributed by atoms with E-state index in [9.17, 15) is 14.4 Å². The molecule has 0 aliphatic heterocycles. The lowest BCUT2D eigenvalue weighted by molar-refractivity contribution is -0.162. The number of hydrogen-bond donors (Lipinski definition) is 1. The zero-order valence-electron chi connectivity index (χ0n) is 35.6. The second-order valence-corrected chi connectivity index (χ2v) is 15.5. The second-order valence-electron chi connectivity index (χ2n) is 15.5. The van der Waals surface area contributed by atoms with Crippen molar-refractivity contribution in [2.24, 2.45) is 11.7 Å². The van der Waals surface area contributed by atoms with Crippen LogP contribution in [0.4, 0.5) is 0 Å². The average molecular weight is 753 g/mol. The molecule has 0 saturated heterocycles. The van der Waals surface area contributed by atoms with Gasteiger partial charge in [0.2, 0.25) is 0 Å². The minimum atomic E-state index is -0.808. The monoisotopic (exact) mass is 753 g/mol. The molecule has 0 radical (unpaired) electrons. The molecule has 0 aliphatic rings. The summed E-state index contributed by atoms with van der Waals surface area (Å²) in [6.07, 6.45) is 32.5. The number of nitrogens with zero attached hydrogens (tertiary/aromatic N) is 1. The maximum absolute atomic E-state index is 12.8. The van der Waals surface area contributed by atoms with E-state index in [1.807, 2.05) is 13.8 Å². The van der Waals surface area contributed by atoms with Crippen molar-refractivity contribution < 1.29 is 28.6 Å². The standard InChI is InChI=1S/C45H88N2O6/c1-5-9-13-15-18-24-31-41(32-25-19-16-14-10-6-2)53-43(48)34-27-20-17-22-28-36-47(38-30-35-46)37-29-23-21-26-33-42(44(49)51-39-11-7-3)45(50)52-40-12-8-4/h41-42H,5-40,46H2,1-4H3. The van der Waals surface area contributed by atoms with E-state index in [0.717, 1.165) is 116 Å². The van der Waals surface area contributed by atoms with Gasteiger partial charge in [-0.2, -0.15) is 0 Å². The molecule has 0 unspecified atom stereocenters. The number of nitrogens with two attached hydrogens (primary N) is 1. The highest BCUT2D eigenvalue weighted by molar-refractivity contribution is 5.94. The average Bonchev–Trinajstić information content (AvgIpc) is 3.15. The Hall–Kier alpha value is -1.67. The van der Waals surface area contributed by atoms with Crippen molar-refractivity contribution in [3.63, 3.8) is 0 Å². The highest BCUT2D eigenvalue weighted by Gasteiger charge is 2.29. The molecule has 0 fully saturated rings. The lowest BCUT2D eigenvalue weighted by Crippen LogP contribution is -2.29. The van der Waals surface area contributed by atoms with Gasteiger partial charge in [-0.3, -0.25) is 14.4 Å². The molecule has 314 valence electrons. The first-order chi connectivity index (χ1) is 25.9. The fraction of sp³-hybridized carbons (Fsp3) is 0.933. The lowest BCUT2D eigenvalue weighted by Gasteiger charge is -2.22. The van der Waals surface area contributed by atoms with Crippen LogP contribution in [0.2, 0.25) is 0 Å². The summed E-state index contributed by atoms with van der Waals surface area (Å²) >= 11 is 0. The molecule has 2 N–H and O–H groups in total. The molecule has 0 aromatic carbocycles. The summed E-state index contributed by atoms with van der Waals surface area (Å²) in [6.45, 7) is 13.2. The van der Waals surface area contributed by atoms with Crippen molar-refractivity contribution in [3.05, 3.63) is 0 Å². The molecule has 8 heteroatoms. The maximum atomic E-state index is 12.8. The van der Waals surface area contributed by atoms with E-state index in [1.165, 1.54) is 83.5 Å². The minimum Gasteiger partial charge on any atom is -0.465 e. The van der Waals surface area contributed by atoms with Crippen LogP contribution in [-0.4, -0.2) is 68.3 Å². The topological polar surface area (TPSA) is 108 Å². The minimum absolute atomic E-state index is 0.00857. The van der Waals surface area contributed by atoms with Crippen LogP contribution in [0.15, 0.2) is 0 Å². The van der Waals surface area contributed by atoms with Crippen LogP contribution in [0.25, 0.3) is 0 Å². The summed E-state index contributed by atoms with van der Waals surface area (Å²) in [5.41, 5.74) is 5.84. The van der Waals surface area contributed by atoms with Crippen LogP contribution in [0.5, 0.6) is 0 Å². The first-order valence-electron chi connectivity index (χ1n) is 22.9. The predicted octanol–water partition coefficient (Wildman–Crippen LogP) is 11.6. The highest BCUT2D eigenvalue weighted by atomic mass is 16.6. The van der Waals surface area contributed by atoms with E-state index in [4.69, 9.17) is 19.9 Å². The second kappa shape index (κ2) is 40.0. The summed E-state index contributed by atoms with van der Waals surface area (Å²) in [4.78, 5) is 40.5. The molecule has 0 atom stereocenters. The third-order valence-electron chi connectivity index (χ3n) is 10.4. The SMILES string of the molecule is CCCCCCCCC(CCCCCCCC)OC(=O)CCCCCCCN(CCCN)CCCCCCC(C(=O)OCCCC)C(=O)OCCCC. The first-order valence-corrected chi connectivity index (χ1v) is 22.9. The molecule has 53 heavy (non-hydrogen) atoms. The van der Waals surface area contributed by atoms with Crippen LogP contribution >= 0.6 is 0 Å². The smallest absolute Gasteiger partial charge is 0.320 e. The summed E-state index contributed by atoms with van der Waals surface area (Å²) in [7, 11) is 0. The number of rotatable bonds is 41. The first kappa shape index (κ1) is 51.3. The Morgan fingerprint density at radius 1 is 0.472 bits per heavy atom. The van der Waals surface area contributed by atoms with Crippen molar-refractivity contribution in [2.45, 2.75) is 226 Å². The van der Waals surface area contributed by atoms with Crippen LogP contribution < -0.4 is 5.73 Å². The number of ether oxygens (including phenoxy) is 3.